The number of halogens is 1. The lowest BCUT2D eigenvalue weighted by Gasteiger charge is -2.23. The van der Waals surface area contributed by atoms with Crippen molar-refractivity contribution >= 4 is 29.4 Å². The number of nitrogens with zero attached hydrogens (tertiary/aromatic N) is 3. The molecule has 0 aliphatic heterocycles. The molecule has 1 heterocycles. The maximum absolute atomic E-state index is 13.1. The SMILES string of the molecule is Cc1ccc(-n2cc(-c3ccc(Cl)cc3)nc2NC(=O)CN(CC2CC2)C(=O)CC(C)C)cc1. The number of aromatic nitrogens is 2. The summed E-state index contributed by atoms with van der Waals surface area (Å²) in [6.45, 7) is 6.73. The Bertz CT molecular complexity index is 1150. The van der Waals surface area contributed by atoms with E-state index in [1.165, 1.54) is 0 Å². The molecule has 178 valence electrons. The van der Waals surface area contributed by atoms with Crippen molar-refractivity contribution in [1.29, 1.82) is 0 Å². The molecule has 1 saturated carbocycles. The van der Waals surface area contributed by atoms with Crippen LogP contribution in [0.1, 0.15) is 38.7 Å². The Kier molecular flexibility index (Phi) is 7.37. The summed E-state index contributed by atoms with van der Waals surface area (Å²) in [5, 5.41) is 3.60. The minimum atomic E-state index is -0.251. The number of hydrogen-bond donors (Lipinski definition) is 1. The minimum Gasteiger partial charge on any atom is -0.333 e. The molecule has 7 heteroatoms. The zero-order chi connectivity index (χ0) is 24.2. The van der Waals surface area contributed by atoms with Crippen LogP contribution in [0.3, 0.4) is 0 Å². The smallest absolute Gasteiger partial charge is 0.246 e. The van der Waals surface area contributed by atoms with Crippen molar-refractivity contribution in [2.75, 3.05) is 18.4 Å². The van der Waals surface area contributed by atoms with Crippen molar-refractivity contribution in [3.63, 3.8) is 0 Å². The number of anilines is 1. The molecule has 2 amide bonds. The van der Waals surface area contributed by atoms with Crippen molar-refractivity contribution in [3.8, 4) is 16.9 Å². The predicted octanol–water partition coefficient (Wildman–Crippen LogP) is 5.72. The Hall–Kier alpha value is -3.12. The third kappa shape index (κ3) is 6.26. The van der Waals surface area contributed by atoms with E-state index in [9.17, 15) is 9.59 Å². The Morgan fingerprint density at radius 3 is 2.41 bits per heavy atom. The molecule has 0 saturated heterocycles. The lowest BCUT2D eigenvalue weighted by molar-refractivity contribution is -0.135. The first-order valence-corrected chi connectivity index (χ1v) is 12.2. The third-order valence-corrected chi connectivity index (χ3v) is 6.11. The highest BCUT2D eigenvalue weighted by atomic mass is 35.5. The van der Waals surface area contributed by atoms with Crippen LogP contribution in [0.15, 0.2) is 54.7 Å². The normalized spacial score (nSPS) is 13.2. The van der Waals surface area contributed by atoms with Crippen molar-refractivity contribution in [3.05, 3.63) is 65.3 Å². The second-order valence-corrected chi connectivity index (χ2v) is 9.96. The van der Waals surface area contributed by atoms with Crippen LogP contribution >= 0.6 is 11.6 Å². The summed E-state index contributed by atoms with van der Waals surface area (Å²) in [5.41, 5.74) is 3.65. The Morgan fingerprint density at radius 1 is 1.12 bits per heavy atom. The van der Waals surface area contributed by atoms with Crippen molar-refractivity contribution in [2.24, 2.45) is 11.8 Å². The number of carbonyl (C=O) groups is 2. The van der Waals surface area contributed by atoms with E-state index in [0.29, 0.717) is 29.9 Å². The molecule has 0 unspecified atom stereocenters. The second kappa shape index (κ2) is 10.4. The standard InChI is InChI=1S/C27H31ClN4O2/c1-18(2)14-26(34)31(15-20-6-7-20)17-25(33)30-27-29-24(21-8-10-22(28)11-9-21)16-32(27)23-12-4-19(3)5-13-23/h4-5,8-13,16,18,20H,6-7,14-15,17H2,1-3H3,(H,29,30,33). The van der Waals surface area contributed by atoms with E-state index >= 15 is 0 Å². The zero-order valence-corrected chi connectivity index (χ0v) is 20.7. The molecule has 2 aromatic carbocycles. The summed E-state index contributed by atoms with van der Waals surface area (Å²) in [4.78, 5) is 32.2. The van der Waals surface area contributed by atoms with Gasteiger partial charge in [-0.15, -0.1) is 0 Å². The fraction of sp³-hybridized carbons (Fsp3) is 0.370. The number of benzene rings is 2. The highest BCUT2D eigenvalue weighted by Gasteiger charge is 2.28. The zero-order valence-electron chi connectivity index (χ0n) is 19.9. The van der Waals surface area contributed by atoms with Gasteiger partial charge in [-0.2, -0.15) is 0 Å². The van der Waals surface area contributed by atoms with E-state index in [-0.39, 0.29) is 24.3 Å². The molecule has 0 spiro atoms. The quantitative estimate of drug-likeness (QED) is 0.427. The van der Waals surface area contributed by atoms with Gasteiger partial charge in [0.1, 0.15) is 0 Å². The highest BCUT2D eigenvalue weighted by Crippen LogP contribution is 2.30. The Morgan fingerprint density at radius 2 is 1.79 bits per heavy atom. The number of aryl methyl sites for hydroxylation is 1. The first kappa shape index (κ1) is 24.0. The number of hydrogen-bond acceptors (Lipinski definition) is 3. The van der Waals surface area contributed by atoms with Gasteiger partial charge >= 0.3 is 0 Å². The van der Waals surface area contributed by atoms with E-state index in [1.807, 2.05) is 80.1 Å². The molecule has 34 heavy (non-hydrogen) atoms. The van der Waals surface area contributed by atoms with Gasteiger partial charge in [0, 0.05) is 35.4 Å². The molecule has 4 rings (SSSR count). The molecule has 6 nitrogen and oxygen atoms in total. The van der Waals surface area contributed by atoms with E-state index in [4.69, 9.17) is 16.6 Å². The molecule has 1 aliphatic carbocycles. The maximum atomic E-state index is 13.1. The average molecular weight is 479 g/mol. The maximum Gasteiger partial charge on any atom is 0.246 e. The number of rotatable bonds is 9. The van der Waals surface area contributed by atoms with Crippen molar-refractivity contribution in [2.45, 2.75) is 40.0 Å². The molecule has 3 aromatic rings. The van der Waals surface area contributed by atoms with Gasteiger partial charge in [0.15, 0.2) is 0 Å². The topological polar surface area (TPSA) is 67.2 Å². The second-order valence-electron chi connectivity index (χ2n) is 9.53. The van der Waals surface area contributed by atoms with E-state index in [1.54, 1.807) is 4.90 Å². The van der Waals surface area contributed by atoms with Gasteiger partial charge in [-0.3, -0.25) is 19.5 Å². The van der Waals surface area contributed by atoms with Crippen LogP contribution in [0.4, 0.5) is 5.95 Å². The van der Waals surface area contributed by atoms with Gasteiger partial charge in [0.25, 0.3) is 0 Å². The predicted molar refractivity (Wildman–Crippen MR) is 136 cm³/mol. The number of imidazole rings is 1. The molecular weight excluding hydrogens is 448 g/mol. The summed E-state index contributed by atoms with van der Waals surface area (Å²) >= 11 is 6.05. The molecular formula is C27H31ClN4O2. The highest BCUT2D eigenvalue weighted by molar-refractivity contribution is 6.30. The van der Waals surface area contributed by atoms with Gasteiger partial charge in [-0.25, -0.2) is 4.98 Å². The van der Waals surface area contributed by atoms with Gasteiger partial charge in [-0.05, 0) is 55.9 Å². The van der Waals surface area contributed by atoms with Crippen LogP contribution in [-0.4, -0.2) is 39.4 Å². The van der Waals surface area contributed by atoms with Gasteiger partial charge in [0.05, 0.1) is 12.2 Å². The van der Waals surface area contributed by atoms with Crippen LogP contribution in [0.2, 0.25) is 5.02 Å². The monoisotopic (exact) mass is 478 g/mol. The molecule has 1 fully saturated rings. The fourth-order valence-corrected chi connectivity index (χ4v) is 3.94. The third-order valence-electron chi connectivity index (χ3n) is 5.85. The first-order chi connectivity index (χ1) is 16.3. The molecule has 0 atom stereocenters. The lowest BCUT2D eigenvalue weighted by Crippen LogP contribution is -2.40. The van der Waals surface area contributed by atoms with Crippen LogP contribution in [0, 0.1) is 18.8 Å². The van der Waals surface area contributed by atoms with E-state index in [2.05, 4.69) is 5.32 Å². The number of amides is 2. The number of nitrogens with one attached hydrogen (secondary N) is 1. The van der Waals surface area contributed by atoms with Crippen molar-refractivity contribution in [1.82, 2.24) is 14.5 Å². The lowest BCUT2D eigenvalue weighted by atomic mass is 10.1. The summed E-state index contributed by atoms with van der Waals surface area (Å²) in [7, 11) is 0. The summed E-state index contributed by atoms with van der Waals surface area (Å²) in [6, 6.07) is 15.4. The Balaban J connectivity index is 1.58. The van der Waals surface area contributed by atoms with Gasteiger partial charge < -0.3 is 4.90 Å². The van der Waals surface area contributed by atoms with E-state index < -0.39 is 0 Å². The number of carbonyl (C=O) groups excluding carboxylic acids is 2. The Labute approximate surface area is 205 Å². The largest absolute Gasteiger partial charge is 0.333 e. The van der Waals surface area contributed by atoms with Crippen LogP contribution < -0.4 is 5.32 Å². The molecule has 1 N–H and O–H groups in total. The average Bonchev–Trinajstić information content (AvgIpc) is 3.51. The van der Waals surface area contributed by atoms with Gasteiger partial charge in [-0.1, -0.05) is 55.3 Å². The molecule has 1 aliphatic rings. The minimum absolute atomic E-state index is 0.0269. The van der Waals surface area contributed by atoms with E-state index in [0.717, 1.165) is 35.3 Å². The fourth-order valence-electron chi connectivity index (χ4n) is 3.81. The summed E-state index contributed by atoms with van der Waals surface area (Å²) in [5.74, 6) is 0.955. The van der Waals surface area contributed by atoms with Crippen LogP contribution in [0.25, 0.3) is 16.9 Å². The van der Waals surface area contributed by atoms with Crippen LogP contribution in [-0.2, 0) is 9.59 Å². The van der Waals surface area contributed by atoms with Crippen molar-refractivity contribution < 1.29 is 9.59 Å². The van der Waals surface area contributed by atoms with Gasteiger partial charge in [0.2, 0.25) is 17.8 Å². The molecule has 0 bridgehead atoms. The summed E-state index contributed by atoms with van der Waals surface area (Å²) in [6.07, 6.45) is 4.58. The van der Waals surface area contributed by atoms with Crippen LogP contribution in [0.5, 0.6) is 0 Å². The first-order valence-electron chi connectivity index (χ1n) is 11.8. The molecule has 1 aromatic heterocycles. The summed E-state index contributed by atoms with van der Waals surface area (Å²) < 4.78 is 1.86. The molecule has 0 radical (unpaired) electrons.